The summed E-state index contributed by atoms with van der Waals surface area (Å²) in [7, 11) is 1.24. The number of allylic oxidation sites excluding steroid dienone is 1. The molecule has 32 heavy (non-hydrogen) atoms. The Morgan fingerprint density at radius 3 is 2.22 bits per heavy atom. The standard InChI is InChI=1S/C19H13BrClF7N2O.ClH/c1-29-30-17(31)11-4-2-10(6-13(11)19(26,27)28)16(22)8-12(18(23,24)25)9-3-5-15(21)14(20)7-9;/h2-8,12,29H,1H3,(H,30,31);1H. The van der Waals surface area contributed by atoms with Crippen molar-refractivity contribution in [3.8, 4) is 0 Å². The number of carbonyl (C=O) groups is 1. The van der Waals surface area contributed by atoms with E-state index in [0.717, 1.165) is 18.2 Å². The molecule has 2 N–H and O–H groups in total. The molecule has 3 nitrogen and oxygen atoms in total. The van der Waals surface area contributed by atoms with Gasteiger partial charge in [-0.2, -0.15) is 26.3 Å². The molecule has 0 saturated heterocycles. The summed E-state index contributed by atoms with van der Waals surface area (Å²) in [5.41, 5.74) is 0.636. The minimum absolute atomic E-state index is 0. The molecule has 0 spiro atoms. The molecule has 1 atom stereocenters. The van der Waals surface area contributed by atoms with Crippen LogP contribution in [0.15, 0.2) is 46.9 Å². The smallest absolute Gasteiger partial charge is 0.288 e. The zero-order valence-electron chi connectivity index (χ0n) is 15.8. The normalized spacial score (nSPS) is 13.4. The minimum atomic E-state index is -5.05. The Kier molecular flexibility index (Phi) is 9.58. The van der Waals surface area contributed by atoms with Gasteiger partial charge < -0.3 is 0 Å². The fraction of sp³-hybridized carbons (Fsp3) is 0.211. The molecule has 2 aromatic rings. The van der Waals surface area contributed by atoms with E-state index in [-0.39, 0.29) is 39.6 Å². The maximum absolute atomic E-state index is 14.7. The summed E-state index contributed by atoms with van der Waals surface area (Å²) in [6, 6.07) is 4.98. The van der Waals surface area contributed by atoms with E-state index in [1.165, 1.54) is 13.1 Å². The van der Waals surface area contributed by atoms with Crippen LogP contribution in [0.25, 0.3) is 5.83 Å². The highest BCUT2D eigenvalue weighted by molar-refractivity contribution is 9.10. The molecule has 0 fully saturated rings. The topological polar surface area (TPSA) is 41.1 Å². The first-order valence-electron chi connectivity index (χ1n) is 8.33. The van der Waals surface area contributed by atoms with Gasteiger partial charge in [-0.15, -0.1) is 12.4 Å². The molecular formula is C19H14BrCl2F7N2O. The SMILES string of the molecule is CNNC(=O)c1ccc(C(F)=CC(c2ccc(Cl)c(Br)c2)C(F)(F)F)cc1C(F)(F)F.Cl. The van der Waals surface area contributed by atoms with Gasteiger partial charge in [0.25, 0.3) is 5.91 Å². The van der Waals surface area contributed by atoms with E-state index >= 15 is 0 Å². The molecule has 0 saturated carbocycles. The van der Waals surface area contributed by atoms with Crippen molar-refractivity contribution in [2.24, 2.45) is 0 Å². The van der Waals surface area contributed by atoms with E-state index in [1.54, 1.807) is 0 Å². The molecule has 176 valence electrons. The van der Waals surface area contributed by atoms with Crippen molar-refractivity contribution in [3.63, 3.8) is 0 Å². The van der Waals surface area contributed by atoms with Crippen molar-refractivity contribution < 1.29 is 35.5 Å². The van der Waals surface area contributed by atoms with Gasteiger partial charge in [0, 0.05) is 17.1 Å². The lowest BCUT2D eigenvalue weighted by molar-refractivity contribution is -0.140. The molecule has 2 aromatic carbocycles. The predicted octanol–water partition coefficient (Wildman–Crippen LogP) is 7.06. The van der Waals surface area contributed by atoms with Crippen molar-refractivity contribution in [2.75, 3.05) is 7.05 Å². The molecule has 0 aliphatic heterocycles. The maximum atomic E-state index is 14.7. The number of carbonyl (C=O) groups excluding carboxylic acids is 1. The van der Waals surface area contributed by atoms with Crippen LogP contribution in [-0.2, 0) is 6.18 Å². The summed E-state index contributed by atoms with van der Waals surface area (Å²) in [6.45, 7) is 0. The molecular weight excluding hydrogens is 556 g/mol. The molecule has 0 heterocycles. The van der Waals surface area contributed by atoms with E-state index in [2.05, 4.69) is 21.4 Å². The first-order valence-corrected chi connectivity index (χ1v) is 9.50. The highest BCUT2D eigenvalue weighted by Crippen LogP contribution is 2.41. The first kappa shape index (κ1) is 28.2. The van der Waals surface area contributed by atoms with Crippen LogP contribution in [0.2, 0.25) is 5.02 Å². The van der Waals surface area contributed by atoms with Crippen molar-refractivity contribution >= 4 is 51.7 Å². The van der Waals surface area contributed by atoms with Crippen molar-refractivity contribution in [2.45, 2.75) is 18.3 Å². The van der Waals surface area contributed by atoms with Gasteiger partial charge in [0.05, 0.1) is 16.1 Å². The second kappa shape index (κ2) is 10.9. The van der Waals surface area contributed by atoms with Gasteiger partial charge in [-0.1, -0.05) is 23.7 Å². The summed E-state index contributed by atoms with van der Waals surface area (Å²) in [5, 5.41) is 0.124. The number of halogens is 10. The van der Waals surface area contributed by atoms with Gasteiger partial charge in [-0.3, -0.25) is 10.2 Å². The molecule has 13 heteroatoms. The van der Waals surface area contributed by atoms with E-state index in [9.17, 15) is 35.5 Å². The Morgan fingerprint density at radius 2 is 1.72 bits per heavy atom. The summed E-state index contributed by atoms with van der Waals surface area (Å²) < 4.78 is 95.5. The Bertz CT molecular complexity index is 1010. The number of amides is 1. The van der Waals surface area contributed by atoms with Gasteiger partial charge in [-0.25, -0.2) is 9.82 Å². The number of benzene rings is 2. The minimum Gasteiger partial charge on any atom is -0.288 e. The number of hydrazine groups is 1. The summed E-state index contributed by atoms with van der Waals surface area (Å²) in [5.74, 6) is -5.15. The molecule has 1 unspecified atom stereocenters. The van der Waals surface area contributed by atoms with Gasteiger partial charge in [0.2, 0.25) is 0 Å². The number of hydrogen-bond acceptors (Lipinski definition) is 2. The van der Waals surface area contributed by atoms with Gasteiger partial charge in [0.15, 0.2) is 0 Å². The lowest BCUT2D eigenvalue weighted by Crippen LogP contribution is -2.35. The quantitative estimate of drug-likeness (QED) is 0.299. The molecule has 1 amide bonds. The molecule has 0 radical (unpaired) electrons. The molecule has 0 aliphatic carbocycles. The van der Waals surface area contributed by atoms with Crippen LogP contribution in [0.3, 0.4) is 0 Å². The van der Waals surface area contributed by atoms with E-state index in [0.29, 0.717) is 6.07 Å². The molecule has 0 aliphatic rings. The lowest BCUT2D eigenvalue weighted by atomic mass is 9.95. The average Bonchev–Trinajstić information content (AvgIpc) is 2.66. The van der Waals surface area contributed by atoms with Crippen molar-refractivity contribution in [1.82, 2.24) is 10.9 Å². The van der Waals surface area contributed by atoms with Crippen LogP contribution in [0.4, 0.5) is 30.7 Å². The number of rotatable bonds is 5. The van der Waals surface area contributed by atoms with E-state index in [4.69, 9.17) is 11.6 Å². The van der Waals surface area contributed by atoms with Crippen LogP contribution < -0.4 is 10.9 Å². The molecule has 0 aromatic heterocycles. The largest absolute Gasteiger partial charge is 0.417 e. The van der Waals surface area contributed by atoms with E-state index in [1.807, 2.05) is 5.43 Å². The Balaban J connectivity index is 0.00000512. The third kappa shape index (κ3) is 6.84. The summed E-state index contributed by atoms with van der Waals surface area (Å²) in [6.07, 6.45) is -9.83. The van der Waals surface area contributed by atoms with Crippen LogP contribution in [0.1, 0.15) is 33.0 Å². The Labute approximate surface area is 197 Å². The number of nitrogens with one attached hydrogen (secondary N) is 2. The van der Waals surface area contributed by atoms with Crippen LogP contribution >= 0.6 is 39.9 Å². The van der Waals surface area contributed by atoms with Crippen molar-refractivity contribution in [3.05, 3.63) is 74.2 Å². The van der Waals surface area contributed by atoms with E-state index < -0.39 is 46.7 Å². The van der Waals surface area contributed by atoms with Gasteiger partial charge >= 0.3 is 12.4 Å². The zero-order chi connectivity index (χ0) is 23.6. The Hall–Kier alpha value is -1.82. The highest BCUT2D eigenvalue weighted by atomic mass is 79.9. The average molecular weight is 570 g/mol. The van der Waals surface area contributed by atoms with Crippen molar-refractivity contribution in [1.29, 1.82) is 0 Å². The predicted molar refractivity (Wildman–Crippen MR) is 112 cm³/mol. The summed E-state index contributed by atoms with van der Waals surface area (Å²) in [4.78, 5) is 11.8. The molecule has 0 bridgehead atoms. The van der Waals surface area contributed by atoms with Gasteiger partial charge in [-0.05, 0) is 51.8 Å². The van der Waals surface area contributed by atoms with Crippen LogP contribution in [0, 0.1) is 0 Å². The fourth-order valence-corrected chi connectivity index (χ4v) is 3.15. The summed E-state index contributed by atoms with van der Waals surface area (Å²) >= 11 is 8.74. The second-order valence-corrected chi connectivity index (χ2v) is 7.43. The third-order valence-electron chi connectivity index (χ3n) is 4.05. The highest BCUT2D eigenvalue weighted by Gasteiger charge is 2.40. The van der Waals surface area contributed by atoms with Crippen LogP contribution in [0.5, 0.6) is 0 Å². The molecule has 2 rings (SSSR count). The lowest BCUT2D eigenvalue weighted by Gasteiger charge is -2.19. The fourth-order valence-electron chi connectivity index (χ4n) is 2.63. The Morgan fingerprint density at radius 1 is 1.09 bits per heavy atom. The monoisotopic (exact) mass is 568 g/mol. The third-order valence-corrected chi connectivity index (χ3v) is 5.27. The van der Waals surface area contributed by atoms with Crippen LogP contribution in [-0.4, -0.2) is 19.1 Å². The first-order chi connectivity index (χ1) is 14.3. The number of hydrogen-bond donors (Lipinski definition) is 2. The second-order valence-electron chi connectivity index (χ2n) is 6.17. The van der Waals surface area contributed by atoms with Gasteiger partial charge in [0.1, 0.15) is 11.7 Å². The maximum Gasteiger partial charge on any atom is 0.417 e. The number of alkyl halides is 6. The zero-order valence-corrected chi connectivity index (χ0v) is 19.0.